The lowest BCUT2D eigenvalue weighted by atomic mass is 10.1. The summed E-state index contributed by atoms with van der Waals surface area (Å²) in [5, 5.41) is 2.73. The number of halogens is 6. The van der Waals surface area contributed by atoms with Crippen LogP contribution in [0.3, 0.4) is 0 Å². The highest BCUT2D eigenvalue weighted by Crippen LogP contribution is 2.44. The molecule has 31 heavy (non-hydrogen) atoms. The zero-order valence-corrected chi connectivity index (χ0v) is 19.2. The molecule has 3 aromatic rings. The average Bonchev–Trinajstić information content (AvgIpc) is 3.48. The maximum Gasteiger partial charge on any atom is 0.353 e. The smallest absolute Gasteiger partial charge is 0.353 e. The Morgan fingerprint density at radius 2 is 1.61 bits per heavy atom. The Morgan fingerprint density at radius 1 is 1.00 bits per heavy atom. The van der Waals surface area contributed by atoms with Gasteiger partial charge in [-0.15, -0.1) is 0 Å². The number of carbonyl (C=O) groups is 1. The molecular formula is C20H17BBr2F4N2O2. The fraction of sp³-hybridized carbons (Fsp3) is 0.250. The number of amides is 1. The van der Waals surface area contributed by atoms with Gasteiger partial charge < -0.3 is 19.4 Å². The Hall–Kier alpha value is -1.85. The van der Waals surface area contributed by atoms with Crippen molar-refractivity contribution >= 4 is 62.5 Å². The topological polar surface area (TPSA) is 54.1 Å². The zero-order chi connectivity index (χ0) is 23.0. The zero-order valence-electron chi connectivity index (χ0n) is 16.0. The summed E-state index contributed by atoms with van der Waals surface area (Å²) >= 11 is 6.24. The first-order valence-electron chi connectivity index (χ1n) is 9.01. The van der Waals surface area contributed by atoms with Crippen molar-refractivity contribution in [1.82, 2.24) is 4.98 Å². The minimum absolute atomic E-state index is 0.171. The second-order valence-electron chi connectivity index (χ2n) is 6.31. The van der Waals surface area contributed by atoms with E-state index in [1.807, 2.05) is 18.2 Å². The van der Waals surface area contributed by atoms with Crippen molar-refractivity contribution in [1.29, 1.82) is 0 Å². The van der Waals surface area contributed by atoms with Crippen LogP contribution in [0.25, 0.3) is 10.9 Å². The maximum atomic E-state index is 13.1. The molecule has 0 unspecified atom stereocenters. The molecule has 1 amide bonds. The standard InChI is InChI=1S/C8H4BrF2NO.C8H5BrFN.C4H8O.BF/c9-4-2-1-3-5-6(4)8(10,11)7(13)12-5;9-5-2-1-3-7-8(5)6(10)4-11-7;1-2-4-5-3-1;1-2/h1-3H,(H,12,13);1-4,11H;1-4H2;. The van der Waals surface area contributed by atoms with Crippen molar-refractivity contribution in [2.45, 2.75) is 18.8 Å². The van der Waals surface area contributed by atoms with Gasteiger partial charge in [-0.2, -0.15) is 8.78 Å². The summed E-state index contributed by atoms with van der Waals surface area (Å²) in [6.45, 7) is 2.00. The van der Waals surface area contributed by atoms with Crippen LogP contribution in [0.15, 0.2) is 51.5 Å². The molecule has 4 nitrogen and oxygen atoms in total. The lowest BCUT2D eigenvalue weighted by Crippen LogP contribution is -2.24. The molecule has 0 aliphatic carbocycles. The number of hydrogen-bond donors (Lipinski definition) is 2. The molecule has 0 bridgehead atoms. The van der Waals surface area contributed by atoms with Crippen LogP contribution in [0.2, 0.25) is 0 Å². The van der Waals surface area contributed by atoms with E-state index in [1.54, 1.807) is 6.07 Å². The summed E-state index contributed by atoms with van der Waals surface area (Å²) in [6, 6.07) is 10.0. The third-order valence-corrected chi connectivity index (χ3v) is 5.62. The van der Waals surface area contributed by atoms with Gasteiger partial charge in [0.1, 0.15) is 5.82 Å². The van der Waals surface area contributed by atoms with Crippen LogP contribution in [0.4, 0.5) is 23.2 Å². The van der Waals surface area contributed by atoms with Crippen LogP contribution in [-0.4, -0.2) is 32.2 Å². The van der Waals surface area contributed by atoms with Gasteiger partial charge in [-0.1, -0.05) is 28.1 Å². The largest absolute Gasteiger partial charge is 0.381 e. The quantitative estimate of drug-likeness (QED) is 0.246. The lowest BCUT2D eigenvalue weighted by molar-refractivity contribution is -0.139. The van der Waals surface area contributed by atoms with E-state index < -0.39 is 11.8 Å². The van der Waals surface area contributed by atoms with Crippen LogP contribution in [0.1, 0.15) is 18.4 Å². The number of H-pyrrole nitrogens is 1. The number of aromatic nitrogens is 1. The van der Waals surface area contributed by atoms with Crippen molar-refractivity contribution in [2.24, 2.45) is 0 Å². The number of anilines is 1. The van der Waals surface area contributed by atoms with Gasteiger partial charge in [0, 0.05) is 39.3 Å². The van der Waals surface area contributed by atoms with Gasteiger partial charge in [0.2, 0.25) is 0 Å². The molecular weight excluding hydrogens is 547 g/mol. The van der Waals surface area contributed by atoms with E-state index in [0.717, 1.165) is 23.2 Å². The fourth-order valence-corrected chi connectivity index (χ4v) is 4.04. The SMILES string of the molecule is C1CCOC1.Fc1c[nH]c2cccc(Br)c12.O=C1Nc2cccc(Br)c2C1(F)F.[B]F. The van der Waals surface area contributed by atoms with Crippen molar-refractivity contribution in [3.05, 3.63) is 62.9 Å². The number of fused-ring (bicyclic) bond motifs is 2. The third-order valence-electron chi connectivity index (χ3n) is 4.30. The van der Waals surface area contributed by atoms with E-state index in [4.69, 9.17) is 9.05 Å². The van der Waals surface area contributed by atoms with Gasteiger partial charge in [-0.3, -0.25) is 4.79 Å². The van der Waals surface area contributed by atoms with Crippen LogP contribution in [-0.2, 0) is 15.5 Å². The average molecular weight is 564 g/mol. The fourth-order valence-electron chi connectivity index (χ4n) is 2.87. The van der Waals surface area contributed by atoms with Crippen molar-refractivity contribution < 1.29 is 27.0 Å². The van der Waals surface area contributed by atoms with Crippen molar-refractivity contribution in [3.8, 4) is 0 Å². The second kappa shape index (κ2) is 11.7. The van der Waals surface area contributed by atoms with E-state index in [-0.39, 0.29) is 21.5 Å². The van der Waals surface area contributed by atoms with Crippen LogP contribution < -0.4 is 5.32 Å². The molecule has 0 saturated carbocycles. The van der Waals surface area contributed by atoms with E-state index in [9.17, 15) is 18.0 Å². The Balaban J connectivity index is 0.000000171. The molecule has 11 heteroatoms. The Labute approximate surface area is 194 Å². The van der Waals surface area contributed by atoms with E-state index in [1.165, 1.54) is 31.2 Å². The Morgan fingerprint density at radius 3 is 2.16 bits per heavy atom. The molecule has 2 aromatic carbocycles. The monoisotopic (exact) mass is 562 g/mol. The highest BCUT2D eigenvalue weighted by molar-refractivity contribution is 9.11. The van der Waals surface area contributed by atoms with E-state index >= 15 is 0 Å². The van der Waals surface area contributed by atoms with E-state index in [2.05, 4.69) is 50.3 Å². The first-order valence-corrected chi connectivity index (χ1v) is 10.6. The molecule has 1 fully saturated rings. The number of benzene rings is 2. The van der Waals surface area contributed by atoms with Gasteiger partial charge in [0.05, 0.1) is 11.3 Å². The highest BCUT2D eigenvalue weighted by atomic mass is 79.9. The van der Waals surface area contributed by atoms with Crippen LogP contribution >= 0.6 is 31.9 Å². The minimum atomic E-state index is -3.42. The maximum absolute atomic E-state index is 13.1. The number of alkyl halides is 2. The molecule has 5 rings (SSSR count). The lowest BCUT2D eigenvalue weighted by Gasteiger charge is -2.07. The summed E-state index contributed by atoms with van der Waals surface area (Å²) in [5.74, 6) is -4.91. The number of rotatable bonds is 0. The molecule has 164 valence electrons. The van der Waals surface area contributed by atoms with E-state index in [0.29, 0.717) is 5.39 Å². The Bertz CT molecular complexity index is 1020. The van der Waals surface area contributed by atoms with Gasteiger partial charge >= 0.3 is 14.0 Å². The molecule has 0 atom stereocenters. The summed E-state index contributed by atoms with van der Waals surface area (Å²) in [4.78, 5) is 13.6. The number of hydrogen-bond acceptors (Lipinski definition) is 2. The number of aromatic amines is 1. The highest BCUT2D eigenvalue weighted by Gasteiger charge is 2.49. The number of carbonyl (C=O) groups excluding carboxylic acids is 1. The molecule has 2 radical (unpaired) electrons. The van der Waals surface area contributed by atoms with Crippen molar-refractivity contribution in [2.75, 3.05) is 18.5 Å². The molecule has 3 heterocycles. The van der Waals surface area contributed by atoms with Crippen LogP contribution in [0, 0.1) is 5.82 Å². The predicted octanol–water partition coefficient (Wildman–Crippen LogP) is 6.40. The normalized spacial score (nSPS) is 15.5. The second-order valence-corrected chi connectivity index (χ2v) is 8.02. The minimum Gasteiger partial charge on any atom is -0.381 e. The summed E-state index contributed by atoms with van der Waals surface area (Å²) in [5.41, 5.74) is 0.709. The number of ether oxygens (including phenoxy) is 1. The van der Waals surface area contributed by atoms with Gasteiger partial charge in [-0.05, 0) is 53.0 Å². The Kier molecular flexibility index (Phi) is 9.58. The molecule has 1 saturated heterocycles. The summed E-state index contributed by atoms with van der Waals surface area (Å²) in [6.07, 6.45) is 3.91. The predicted molar refractivity (Wildman–Crippen MR) is 120 cm³/mol. The first kappa shape index (κ1) is 25.4. The first-order chi connectivity index (χ1) is 14.8. The number of nitrogens with one attached hydrogen (secondary N) is 2. The van der Waals surface area contributed by atoms with Gasteiger partial charge in [0.15, 0.2) is 0 Å². The molecule has 1 aromatic heterocycles. The summed E-state index contributed by atoms with van der Waals surface area (Å²) < 4.78 is 54.2. The van der Waals surface area contributed by atoms with Gasteiger partial charge in [0.25, 0.3) is 5.91 Å². The summed E-state index contributed by atoms with van der Waals surface area (Å²) in [7, 11) is 3.00. The van der Waals surface area contributed by atoms with Gasteiger partial charge in [-0.25, -0.2) is 4.39 Å². The molecule has 2 aliphatic rings. The van der Waals surface area contributed by atoms with Crippen molar-refractivity contribution in [3.63, 3.8) is 0 Å². The molecule has 2 aliphatic heterocycles. The molecule has 0 spiro atoms. The molecule has 2 N–H and O–H groups in total. The third kappa shape index (κ3) is 6.11. The van der Waals surface area contributed by atoms with Crippen LogP contribution in [0.5, 0.6) is 0 Å².